The van der Waals surface area contributed by atoms with Crippen LogP contribution in [-0.4, -0.2) is 42.9 Å². The number of thiophene rings is 1. The van der Waals surface area contributed by atoms with E-state index in [1.807, 2.05) is 13.8 Å². The van der Waals surface area contributed by atoms with Crippen molar-refractivity contribution < 1.29 is 19.1 Å². The molecule has 0 aliphatic carbocycles. The zero-order valence-electron chi connectivity index (χ0n) is 17.0. The monoisotopic (exact) mass is 436 g/mol. The lowest BCUT2D eigenvalue weighted by molar-refractivity contribution is 0.0601. The Balaban J connectivity index is 2.42. The van der Waals surface area contributed by atoms with Gasteiger partial charge < -0.3 is 15.0 Å². The molecule has 0 atom stereocenters. The number of nitrogens with one attached hydrogen (secondary N) is 1. The number of amides is 2. The molecule has 0 spiro atoms. The minimum atomic E-state index is -0.596. The van der Waals surface area contributed by atoms with Gasteiger partial charge in [-0.3, -0.25) is 9.59 Å². The molecule has 0 aliphatic rings. The number of esters is 1. The Bertz CT molecular complexity index is 887. The molecule has 0 saturated heterocycles. The van der Waals surface area contributed by atoms with Crippen molar-refractivity contribution in [1.82, 2.24) is 4.90 Å². The van der Waals surface area contributed by atoms with Crippen molar-refractivity contribution in [3.05, 3.63) is 50.9 Å². The maximum atomic E-state index is 13.1. The second-order valence-corrected chi connectivity index (χ2v) is 7.96. The number of carbonyl (C=O) groups excluding carboxylic acids is 3. The standard InChI is InChI=1S/C21H25ClN2O4S/c1-5-11-24(12-6-2)20(26)17-13(3)16(21(27)28-4)19(29-17)23-18(25)14-7-9-15(22)10-8-14/h7-10H,5-6,11-12H2,1-4H3,(H,23,25). The average molecular weight is 437 g/mol. The molecule has 8 heteroatoms. The number of anilines is 1. The molecule has 0 fully saturated rings. The highest BCUT2D eigenvalue weighted by Gasteiger charge is 2.28. The van der Waals surface area contributed by atoms with Gasteiger partial charge in [0.2, 0.25) is 0 Å². The van der Waals surface area contributed by atoms with Crippen LogP contribution >= 0.6 is 22.9 Å². The number of methoxy groups -OCH3 is 1. The maximum absolute atomic E-state index is 13.1. The summed E-state index contributed by atoms with van der Waals surface area (Å²) >= 11 is 6.96. The van der Waals surface area contributed by atoms with Gasteiger partial charge in [0.25, 0.3) is 11.8 Å². The lowest BCUT2D eigenvalue weighted by Crippen LogP contribution is -2.32. The lowest BCUT2D eigenvalue weighted by Gasteiger charge is -2.21. The number of ether oxygens (including phenoxy) is 1. The Labute approximate surface area is 179 Å². The summed E-state index contributed by atoms with van der Waals surface area (Å²) in [5, 5.41) is 3.56. The molecule has 2 aromatic rings. The van der Waals surface area contributed by atoms with E-state index in [1.54, 1.807) is 36.1 Å². The first kappa shape index (κ1) is 22.9. The lowest BCUT2D eigenvalue weighted by atomic mass is 10.1. The Morgan fingerprint density at radius 2 is 1.69 bits per heavy atom. The molecule has 156 valence electrons. The van der Waals surface area contributed by atoms with Crippen LogP contribution < -0.4 is 5.32 Å². The summed E-state index contributed by atoms with van der Waals surface area (Å²) in [5.74, 6) is -1.14. The summed E-state index contributed by atoms with van der Waals surface area (Å²) in [6.45, 7) is 6.97. The van der Waals surface area contributed by atoms with Crippen LogP contribution in [0, 0.1) is 6.92 Å². The molecular weight excluding hydrogens is 412 g/mol. The molecule has 1 N–H and O–H groups in total. The quantitative estimate of drug-likeness (QED) is 0.590. The second-order valence-electron chi connectivity index (χ2n) is 6.51. The smallest absolute Gasteiger partial charge is 0.341 e. The number of nitrogens with zero attached hydrogens (tertiary/aromatic N) is 1. The van der Waals surface area contributed by atoms with Crippen LogP contribution in [0.1, 0.15) is 62.6 Å². The van der Waals surface area contributed by atoms with Gasteiger partial charge in [-0.05, 0) is 49.6 Å². The van der Waals surface area contributed by atoms with Gasteiger partial charge in [-0.2, -0.15) is 0 Å². The maximum Gasteiger partial charge on any atom is 0.341 e. The van der Waals surface area contributed by atoms with Gasteiger partial charge in [0.05, 0.1) is 17.6 Å². The fourth-order valence-corrected chi connectivity index (χ4v) is 4.21. The summed E-state index contributed by atoms with van der Waals surface area (Å²) in [6.07, 6.45) is 1.67. The van der Waals surface area contributed by atoms with E-state index < -0.39 is 11.9 Å². The molecule has 6 nitrogen and oxygen atoms in total. The molecule has 1 heterocycles. The van der Waals surface area contributed by atoms with Gasteiger partial charge in [-0.1, -0.05) is 25.4 Å². The van der Waals surface area contributed by atoms with Crippen molar-refractivity contribution in [2.45, 2.75) is 33.6 Å². The van der Waals surface area contributed by atoms with E-state index in [9.17, 15) is 14.4 Å². The first-order valence-corrected chi connectivity index (χ1v) is 10.6. The molecule has 0 bridgehead atoms. The summed E-state index contributed by atoms with van der Waals surface area (Å²) in [6, 6.07) is 6.40. The largest absolute Gasteiger partial charge is 0.465 e. The Hall–Kier alpha value is -2.38. The van der Waals surface area contributed by atoms with Crippen LogP contribution in [-0.2, 0) is 4.74 Å². The minimum absolute atomic E-state index is 0.145. The summed E-state index contributed by atoms with van der Waals surface area (Å²) in [4.78, 5) is 40.3. The molecule has 1 aromatic carbocycles. The third-order valence-corrected chi connectivity index (χ3v) is 5.79. The molecule has 1 aromatic heterocycles. The molecule has 0 aliphatic heterocycles. The van der Waals surface area contributed by atoms with Gasteiger partial charge in [-0.15, -0.1) is 11.3 Å². The fraction of sp³-hybridized carbons (Fsp3) is 0.381. The van der Waals surface area contributed by atoms with Gasteiger partial charge in [0, 0.05) is 23.7 Å². The second kappa shape index (κ2) is 10.4. The van der Waals surface area contributed by atoms with Gasteiger partial charge in [0.1, 0.15) is 5.00 Å². The number of hydrogen-bond acceptors (Lipinski definition) is 5. The van der Waals surface area contributed by atoms with Crippen LogP contribution in [0.25, 0.3) is 0 Å². The molecule has 2 rings (SSSR count). The molecular formula is C21H25ClN2O4S. The van der Waals surface area contributed by atoms with Gasteiger partial charge >= 0.3 is 5.97 Å². The van der Waals surface area contributed by atoms with Crippen molar-refractivity contribution in [2.24, 2.45) is 0 Å². The number of rotatable bonds is 8. The van der Waals surface area contributed by atoms with Gasteiger partial charge in [0.15, 0.2) is 0 Å². The SMILES string of the molecule is CCCN(CCC)C(=O)c1sc(NC(=O)c2ccc(Cl)cc2)c(C(=O)OC)c1C. The molecule has 0 saturated carbocycles. The zero-order valence-corrected chi connectivity index (χ0v) is 18.6. The average Bonchev–Trinajstić information content (AvgIpc) is 3.03. The van der Waals surface area contributed by atoms with Crippen molar-refractivity contribution in [3.63, 3.8) is 0 Å². The molecule has 2 amide bonds. The van der Waals surface area contributed by atoms with E-state index in [0.29, 0.717) is 39.1 Å². The van der Waals surface area contributed by atoms with Crippen molar-refractivity contribution in [2.75, 3.05) is 25.5 Å². The highest BCUT2D eigenvalue weighted by Crippen LogP contribution is 2.35. The molecule has 0 radical (unpaired) electrons. The third kappa shape index (κ3) is 5.36. The first-order valence-electron chi connectivity index (χ1n) is 9.41. The van der Waals surface area contributed by atoms with Crippen LogP contribution in [0.2, 0.25) is 5.02 Å². The molecule has 29 heavy (non-hydrogen) atoms. The number of carbonyl (C=O) groups is 3. The summed E-state index contributed by atoms with van der Waals surface area (Å²) in [5.41, 5.74) is 1.11. The van der Waals surface area contributed by atoms with Gasteiger partial charge in [-0.25, -0.2) is 4.79 Å². The highest BCUT2D eigenvalue weighted by molar-refractivity contribution is 7.18. The van der Waals surface area contributed by atoms with Crippen molar-refractivity contribution in [3.8, 4) is 0 Å². The highest BCUT2D eigenvalue weighted by atomic mass is 35.5. The van der Waals surface area contributed by atoms with Crippen LogP contribution in [0.4, 0.5) is 5.00 Å². The third-order valence-electron chi connectivity index (χ3n) is 4.34. The van der Waals surface area contributed by atoms with E-state index in [4.69, 9.17) is 16.3 Å². The van der Waals surface area contributed by atoms with E-state index >= 15 is 0 Å². The van der Waals surface area contributed by atoms with E-state index in [0.717, 1.165) is 24.2 Å². The summed E-state index contributed by atoms with van der Waals surface area (Å²) < 4.78 is 4.88. The zero-order chi connectivity index (χ0) is 21.6. The van der Waals surface area contributed by atoms with E-state index in [-0.39, 0.29) is 11.5 Å². The van der Waals surface area contributed by atoms with E-state index in [2.05, 4.69) is 5.32 Å². The Morgan fingerprint density at radius 3 is 2.21 bits per heavy atom. The number of benzene rings is 1. The van der Waals surface area contributed by atoms with Crippen LogP contribution in [0.3, 0.4) is 0 Å². The summed E-state index contributed by atoms with van der Waals surface area (Å²) in [7, 11) is 1.27. The fourth-order valence-electron chi connectivity index (χ4n) is 2.93. The topological polar surface area (TPSA) is 75.7 Å². The number of halogens is 1. The minimum Gasteiger partial charge on any atom is -0.465 e. The Kier molecular flexibility index (Phi) is 8.22. The van der Waals surface area contributed by atoms with E-state index in [1.165, 1.54) is 7.11 Å². The van der Waals surface area contributed by atoms with Crippen molar-refractivity contribution >= 4 is 45.7 Å². The number of hydrogen-bond donors (Lipinski definition) is 1. The predicted molar refractivity (Wildman–Crippen MR) is 116 cm³/mol. The van der Waals surface area contributed by atoms with Crippen LogP contribution in [0.15, 0.2) is 24.3 Å². The van der Waals surface area contributed by atoms with Crippen LogP contribution in [0.5, 0.6) is 0 Å². The first-order chi connectivity index (χ1) is 13.8. The normalized spacial score (nSPS) is 10.5. The Morgan fingerprint density at radius 1 is 1.10 bits per heavy atom. The predicted octanol–water partition coefficient (Wildman–Crippen LogP) is 5.01. The van der Waals surface area contributed by atoms with Crippen molar-refractivity contribution in [1.29, 1.82) is 0 Å². The molecule has 0 unspecified atom stereocenters.